The Balaban J connectivity index is 3.50. The molecule has 82 valence electrons. The molecule has 6 nitrogen and oxygen atoms in total. The monoisotopic (exact) mass is 203 g/mol. The molecule has 5 N–H and O–H groups in total. The second-order valence-electron chi connectivity index (χ2n) is 3.06. The number of hydrogen-bond acceptors (Lipinski definition) is 4. The predicted molar refractivity (Wildman–Crippen MR) is 51.5 cm³/mol. The molecule has 0 aromatic carbocycles. The van der Waals surface area contributed by atoms with E-state index in [1.54, 1.807) is 0 Å². The van der Waals surface area contributed by atoms with Crippen molar-refractivity contribution in [3.8, 4) is 0 Å². The first-order chi connectivity index (χ1) is 6.56. The van der Waals surface area contributed by atoms with E-state index in [1.165, 1.54) is 0 Å². The Hall–Kier alpha value is -1.14. The quantitative estimate of drug-likeness (QED) is 0.441. The summed E-state index contributed by atoms with van der Waals surface area (Å²) in [4.78, 5) is 21.2. The van der Waals surface area contributed by atoms with Crippen molar-refractivity contribution in [3.63, 3.8) is 0 Å². The van der Waals surface area contributed by atoms with Gasteiger partial charge in [0.25, 0.3) is 0 Å². The van der Waals surface area contributed by atoms with E-state index >= 15 is 0 Å². The first-order valence-corrected chi connectivity index (χ1v) is 4.49. The first-order valence-electron chi connectivity index (χ1n) is 4.49. The van der Waals surface area contributed by atoms with Crippen LogP contribution in [-0.4, -0.2) is 36.2 Å². The van der Waals surface area contributed by atoms with Crippen molar-refractivity contribution in [2.24, 2.45) is 5.73 Å². The molecule has 0 bridgehead atoms. The van der Waals surface area contributed by atoms with Gasteiger partial charge < -0.3 is 16.2 Å². The highest BCUT2D eigenvalue weighted by Crippen LogP contribution is 1.93. The minimum Gasteiger partial charge on any atom is -0.396 e. The van der Waals surface area contributed by atoms with Gasteiger partial charge in [-0.25, -0.2) is 4.79 Å². The molecule has 6 heteroatoms. The zero-order valence-corrected chi connectivity index (χ0v) is 8.25. The summed E-state index contributed by atoms with van der Waals surface area (Å²) >= 11 is 0. The summed E-state index contributed by atoms with van der Waals surface area (Å²) in [5.74, 6) is -0.451. The minimum atomic E-state index is -0.847. The summed E-state index contributed by atoms with van der Waals surface area (Å²) in [7, 11) is 0. The van der Waals surface area contributed by atoms with Crippen LogP contribution in [-0.2, 0) is 4.79 Å². The number of carbonyl (C=O) groups is 2. The van der Waals surface area contributed by atoms with Gasteiger partial charge in [-0.3, -0.25) is 10.1 Å². The molecule has 0 fully saturated rings. The fourth-order valence-electron chi connectivity index (χ4n) is 0.948. The van der Waals surface area contributed by atoms with Gasteiger partial charge in [0.2, 0.25) is 5.91 Å². The Morgan fingerprint density at radius 3 is 2.64 bits per heavy atom. The van der Waals surface area contributed by atoms with Gasteiger partial charge >= 0.3 is 6.03 Å². The predicted octanol–water partition coefficient (Wildman–Crippen LogP) is -1.07. The van der Waals surface area contributed by atoms with Crippen molar-refractivity contribution in [2.45, 2.75) is 25.8 Å². The number of primary amides is 1. The summed E-state index contributed by atoms with van der Waals surface area (Å²) in [6, 6.07) is -0.722. The lowest BCUT2D eigenvalue weighted by molar-refractivity contribution is -0.119. The topological polar surface area (TPSA) is 104 Å². The van der Waals surface area contributed by atoms with Gasteiger partial charge in [-0.05, 0) is 19.8 Å². The number of imide groups is 1. The average Bonchev–Trinajstić information content (AvgIpc) is 2.10. The Labute approximate surface area is 82.9 Å². The SMILES string of the molecule is CC(CCCO)NCC(=O)NC(N)=O. The Morgan fingerprint density at radius 1 is 1.50 bits per heavy atom. The fourth-order valence-corrected chi connectivity index (χ4v) is 0.948. The Bertz CT molecular complexity index is 196. The van der Waals surface area contributed by atoms with Crippen LogP contribution in [0.2, 0.25) is 0 Å². The second-order valence-corrected chi connectivity index (χ2v) is 3.06. The summed E-state index contributed by atoms with van der Waals surface area (Å²) in [6.45, 7) is 2.09. The molecule has 3 amide bonds. The van der Waals surface area contributed by atoms with Crippen LogP contribution in [0.15, 0.2) is 0 Å². The lowest BCUT2D eigenvalue weighted by Gasteiger charge is -2.11. The average molecular weight is 203 g/mol. The summed E-state index contributed by atoms with van der Waals surface area (Å²) < 4.78 is 0. The maximum Gasteiger partial charge on any atom is 0.318 e. The number of urea groups is 1. The van der Waals surface area contributed by atoms with E-state index in [2.05, 4.69) is 5.32 Å². The van der Waals surface area contributed by atoms with E-state index in [0.717, 1.165) is 6.42 Å². The van der Waals surface area contributed by atoms with Crippen LogP contribution in [0.5, 0.6) is 0 Å². The molecule has 0 saturated carbocycles. The van der Waals surface area contributed by atoms with Crippen LogP contribution in [0.1, 0.15) is 19.8 Å². The van der Waals surface area contributed by atoms with Gasteiger partial charge in [-0.1, -0.05) is 0 Å². The number of rotatable bonds is 6. The molecule has 0 rings (SSSR count). The molecule has 0 spiro atoms. The highest BCUT2D eigenvalue weighted by atomic mass is 16.3. The third-order valence-corrected chi connectivity index (χ3v) is 1.67. The standard InChI is InChI=1S/C8H17N3O3/c1-6(3-2-4-12)10-5-7(13)11-8(9)14/h6,10,12H,2-5H2,1H3,(H3,9,11,13,14). The molecule has 0 heterocycles. The van der Waals surface area contributed by atoms with Crippen LogP contribution in [0.3, 0.4) is 0 Å². The van der Waals surface area contributed by atoms with Gasteiger partial charge in [0.15, 0.2) is 0 Å². The lowest BCUT2D eigenvalue weighted by atomic mass is 10.2. The molecular formula is C8H17N3O3. The van der Waals surface area contributed by atoms with Crippen LogP contribution in [0.4, 0.5) is 4.79 Å². The van der Waals surface area contributed by atoms with E-state index in [4.69, 9.17) is 10.8 Å². The highest BCUT2D eigenvalue weighted by Gasteiger charge is 2.06. The molecule has 0 aliphatic rings. The minimum absolute atomic E-state index is 0.0511. The Morgan fingerprint density at radius 2 is 2.14 bits per heavy atom. The number of aliphatic hydroxyl groups excluding tert-OH is 1. The number of nitrogens with one attached hydrogen (secondary N) is 2. The highest BCUT2D eigenvalue weighted by molar-refractivity contribution is 5.94. The van der Waals surface area contributed by atoms with Gasteiger partial charge in [0, 0.05) is 12.6 Å². The maximum atomic E-state index is 10.9. The molecule has 0 aliphatic carbocycles. The molecule has 0 aromatic rings. The van der Waals surface area contributed by atoms with Crippen molar-refractivity contribution in [1.29, 1.82) is 0 Å². The van der Waals surface area contributed by atoms with Crippen molar-refractivity contribution in [1.82, 2.24) is 10.6 Å². The maximum absolute atomic E-state index is 10.9. The largest absolute Gasteiger partial charge is 0.396 e. The smallest absolute Gasteiger partial charge is 0.318 e. The molecule has 0 aromatic heterocycles. The second kappa shape index (κ2) is 7.28. The van der Waals surface area contributed by atoms with E-state index in [-0.39, 0.29) is 19.2 Å². The fraction of sp³-hybridized carbons (Fsp3) is 0.750. The normalized spacial score (nSPS) is 12.1. The number of nitrogens with two attached hydrogens (primary N) is 1. The Kier molecular flexibility index (Phi) is 6.69. The van der Waals surface area contributed by atoms with Crippen LogP contribution in [0.25, 0.3) is 0 Å². The number of hydrogen-bond donors (Lipinski definition) is 4. The lowest BCUT2D eigenvalue weighted by Crippen LogP contribution is -2.42. The van der Waals surface area contributed by atoms with Crippen LogP contribution in [0, 0.1) is 0 Å². The third-order valence-electron chi connectivity index (χ3n) is 1.67. The zero-order valence-electron chi connectivity index (χ0n) is 8.25. The van der Waals surface area contributed by atoms with Crippen molar-refractivity contribution >= 4 is 11.9 Å². The van der Waals surface area contributed by atoms with Crippen LogP contribution >= 0.6 is 0 Å². The molecule has 1 atom stereocenters. The molecular weight excluding hydrogens is 186 g/mol. The van der Waals surface area contributed by atoms with Gasteiger partial charge in [-0.15, -0.1) is 0 Å². The van der Waals surface area contributed by atoms with E-state index < -0.39 is 11.9 Å². The summed E-state index contributed by atoms with van der Waals surface area (Å²) in [5, 5.41) is 13.4. The summed E-state index contributed by atoms with van der Waals surface area (Å²) in [5.41, 5.74) is 4.75. The van der Waals surface area contributed by atoms with E-state index in [1.807, 2.05) is 12.2 Å². The number of aliphatic hydroxyl groups is 1. The molecule has 14 heavy (non-hydrogen) atoms. The van der Waals surface area contributed by atoms with E-state index in [0.29, 0.717) is 6.42 Å². The number of carbonyl (C=O) groups excluding carboxylic acids is 2. The third kappa shape index (κ3) is 7.51. The van der Waals surface area contributed by atoms with Gasteiger partial charge in [0.1, 0.15) is 0 Å². The van der Waals surface area contributed by atoms with Crippen LogP contribution < -0.4 is 16.4 Å². The number of amides is 3. The molecule has 0 aliphatic heterocycles. The van der Waals surface area contributed by atoms with Crippen molar-refractivity contribution in [2.75, 3.05) is 13.2 Å². The van der Waals surface area contributed by atoms with E-state index in [9.17, 15) is 9.59 Å². The zero-order chi connectivity index (χ0) is 11.0. The molecule has 0 radical (unpaired) electrons. The van der Waals surface area contributed by atoms with Gasteiger partial charge in [-0.2, -0.15) is 0 Å². The molecule has 1 unspecified atom stereocenters. The summed E-state index contributed by atoms with van der Waals surface area (Å²) in [6.07, 6.45) is 1.46. The van der Waals surface area contributed by atoms with Crippen molar-refractivity contribution < 1.29 is 14.7 Å². The van der Waals surface area contributed by atoms with Crippen molar-refractivity contribution in [3.05, 3.63) is 0 Å². The first kappa shape index (κ1) is 12.9. The molecule has 0 saturated heterocycles. The van der Waals surface area contributed by atoms with Gasteiger partial charge in [0.05, 0.1) is 6.54 Å².